The summed E-state index contributed by atoms with van der Waals surface area (Å²) in [6.45, 7) is 1.48. The zero-order chi connectivity index (χ0) is 35.9. The van der Waals surface area contributed by atoms with Crippen LogP contribution < -0.4 is 9.47 Å². The quantitative estimate of drug-likeness (QED) is 0.160. The van der Waals surface area contributed by atoms with Crippen molar-refractivity contribution < 1.29 is 13.9 Å². The summed E-state index contributed by atoms with van der Waals surface area (Å²) < 4.78 is 20.0. The molecule has 0 aliphatic heterocycles. The summed E-state index contributed by atoms with van der Waals surface area (Å²) in [5.41, 5.74) is 5.68. The van der Waals surface area contributed by atoms with Gasteiger partial charge in [0.05, 0.1) is 31.3 Å². The lowest BCUT2D eigenvalue weighted by atomic mass is 10.2. The fourth-order valence-corrected chi connectivity index (χ4v) is 5.92. The molecular weight excluding hydrogens is 701 g/mol. The van der Waals surface area contributed by atoms with Crippen LogP contribution in [0.3, 0.4) is 0 Å². The molecule has 14 heteroatoms. The van der Waals surface area contributed by atoms with Crippen LogP contribution in [0.25, 0.3) is 44.6 Å². The zero-order valence-corrected chi connectivity index (χ0v) is 29.5. The maximum absolute atomic E-state index is 6.03. The monoisotopic (exact) mass is 731 g/mol. The number of H-pyrrole nitrogens is 1. The Morgan fingerprint density at radius 1 is 0.615 bits per heavy atom. The van der Waals surface area contributed by atoms with Crippen molar-refractivity contribution in [3.63, 3.8) is 0 Å². The van der Waals surface area contributed by atoms with Crippen molar-refractivity contribution >= 4 is 56.3 Å². The number of aromatic nitrogens is 9. The Kier molecular flexibility index (Phi) is 10.4. The number of methoxy groups -OCH3 is 2. The van der Waals surface area contributed by atoms with Crippen LogP contribution in [0.4, 0.5) is 0 Å². The van der Waals surface area contributed by atoms with Gasteiger partial charge in [-0.2, -0.15) is 0 Å². The first-order chi connectivity index (χ1) is 25.5. The van der Waals surface area contributed by atoms with Gasteiger partial charge in [0.2, 0.25) is 0 Å². The third-order valence-corrected chi connectivity index (χ3v) is 8.75. The first kappa shape index (κ1) is 34.2. The largest absolute Gasteiger partial charge is 0.497 e. The molecule has 0 atom stereocenters. The number of nitrogens with one attached hydrogen (secondary N) is 1. The highest BCUT2D eigenvalue weighted by Gasteiger charge is 2.12. The molecule has 7 heterocycles. The molecule has 0 saturated heterocycles. The molecule has 12 nitrogen and oxygen atoms in total. The minimum atomic E-state index is 0.485. The Hall–Kier alpha value is -6.24. The van der Waals surface area contributed by atoms with E-state index in [1.807, 2.05) is 83.7 Å². The molecule has 0 radical (unpaired) electrons. The number of aromatic amines is 1. The average Bonchev–Trinajstić information content (AvgIpc) is 4.02. The summed E-state index contributed by atoms with van der Waals surface area (Å²) in [5.74, 6) is 2.46. The molecule has 0 aliphatic carbocycles. The maximum atomic E-state index is 6.03. The van der Waals surface area contributed by atoms with E-state index in [0.717, 1.165) is 69.1 Å². The second-order valence-corrected chi connectivity index (χ2v) is 12.0. The number of fused-ring (bicyclic) bond motifs is 3. The summed E-state index contributed by atoms with van der Waals surface area (Å²) in [7, 11) is 3.33. The number of ether oxygens (including phenoxy) is 2. The smallest absolute Gasteiger partial charge is 0.153 e. The van der Waals surface area contributed by atoms with E-state index >= 15 is 0 Å². The van der Waals surface area contributed by atoms with Crippen LogP contribution in [0.1, 0.15) is 11.1 Å². The van der Waals surface area contributed by atoms with E-state index in [0.29, 0.717) is 10.3 Å². The Bertz CT molecular complexity index is 2530. The van der Waals surface area contributed by atoms with E-state index in [9.17, 15) is 0 Å². The van der Waals surface area contributed by atoms with Gasteiger partial charge in [-0.15, -0.1) is 0 Å². The first-order valence-corrected chi connectivity index (χ1v) is 16.7. The number of hydrogen-bond acceptors (Lipinski definition) is 9. The van der Waals surface area contributed by atoms with E-state index in [-0.39, 0.29) is 0 Å². The van der Waals surface area contributed by atoms with Gasteiger partial charge in [0, 0.05) is 37.1 Å². The van der Waals surface area contributed by atoms with Gasteiger partial charge in [-0.25, -0.2) is 29.9 Å². The number of halogens is 2. The Balaban J connectivity index is 0.000000130. The molecule has 0 amide bonds. The van der Waals surface area contributed by atoms with Gasteiger partial charge in [-0.1, -0.05) is 47.5 Å². The normalized spacial score (nSPS) is 10.8. The Morgan fingerprint density at radius 2 is 1.17 bits per heavy atom. The van der Waals surface area contributed by atoms with Crippen LogP contribution in [0.2, 0.25) is 10.3 Å². The van der Waals surface area contributed by atoms with Gasteiger partial charge < -0.3 is 28.0 Å². The van der Waals surface area contributed by atoms with Gasteiger partial charge in [0.25, 0.3) is 0 Å². The molecule has 52 heavy (non-hydrogen) atoms. The average molecular weight is 733 g/mol. The van der Waals surface area contributed by atoms with Crippen molar-refractivity contribution in [2.75, 3.05) is 14.2 Å². The van der Waals surface area contributed by atoms with Gasteiger partial charge in [0.15, 0.2) is 5.76 Å². The van der Waals surface area contributed by atoms with Crippen LogP contribution in [0.5, 0.6) is 11.5 Å². The van der Waals surface area contributed by atoms with Crippen LogP contribution in [-0.2, 0) is 13.1 Å². The Labute approximate surface area is 307 Å². The zero-order valence-electron chi connectivity index (χ0n) is 28.0. The van der Waals surface area contributed by atoms with Gasteiger partial charge in [0.1, 0.15) is 63.4 Å². The van der Waals surface area contributed by atoms with E-state index in [1.54, 1.807) is 33.0 Å². The summed E-state index contributed by atoms with van der Waals surface area (Å²) in [6.07, 6.45) is 11.9. The van der Waals surface area contributed by atoms with Crippen LogP contribution in [0, 0.1) is 0 Å². The lowest BCUT2D eigenvalue weighted by Crippen LogP contribution is -1.99. The number of hydrogen-bond donors (Lipinski definition) is 1. The van der Waals surface area contributed by atoms with Crippen molar-refractivity contribution in [1.82, 2.24) is 44.0 Å². The molecule has 0 saturated carbocycles. The molecule has 0 fully saturated rings. The predicted molar refractivity (Wildman–Crippen MR) is 201 cm³/mol. The van der Waals surface area contributed by atoms with Crippen molar-refractivity contribution in [2.24, 2.45) is 0 Å². The summed E-state index contributed by atoms with van der Waals surface area (Å²) >= 11 is 11.8. The van der Waals surface area contributed by atoms with Crippen molar-refractivity contribution in [1.29, 1.82) is 0 Å². The lowest BCUT2D eigenvalue weighted by molar-refractivity contribution is 0.414. The summed E-state index contributed by atoms with van der Waals surface area (Å²) in [4.78, 5) is 27.7. The fourth-order valence-electron chi connectivity index (χ4n) is 5.54. The van der Waals surface area contributed by atoms with Gasteiger partial charge in [-0.3, -0.25) is 0 Å². The van der Waals surface area contributed by atoms with Crippen LogP contribution in [0.15, 0.2) is 127 Å². The van der Waals surface area contributed by atoms with Crippen LogP contribution >= 0.6 is 23.2 Å². The molecule has 7 aromatic heterocycles. The third kappa shape index (κ3) is 7.58. The molecular formula is C38H31Cl2N9O3. The molecule has 0 bridgehead atoms. The van der Waals surface area contributed by atoms with Gasteiger partial charge in [-0.05, 0) is 65.7 Å². The predicted octanol–water partition coefficient (Wildman–Crippen LogP) is 8.50. The van der Waals surface area contributed by atoms with E-state index < -0.39 is 0 Å². The molecule has 0 aliphatic rings. The molecule has 2 aromatic carbocycles. The van der Waals surface area contributed by atoms with Crippen molar-refractivity contribution in [3.8, 4) is 23.0 Å². The lowest BCUT2D eigenvalue weighted by Gasteiger charge is -2.06. The summed E-state index contributed by atoms with van der Waals surface area (Å²) in [5, 5.41) is 3.70. The molecule has 0 spiro atoms. The SMILES string of the molecule is COc1ccc(Cn2ccc3c(-c4ccco4)ncnc32)cc1.COc1ccc(Cn2ccc3c(Cl)ncnc32)cc1.Clc1ncnc2[nH]ccc12. The molecule has 260 valence electrons. The highest BCUT2D eigenvalue weighted by atomic mass is 35.5. The standard InChI is InChI=1S/C18H15N3O2.C14H12ClN3O.C6H4ClN3/c1-22-14-6-4-13(5-7-14)11-21-9-8-15-17(16-3-2-10-23-16)19-12-20-18(15)21;1-19-11-4-2-10(3-5-11)8-18-7-6-12-13(15)16-9-17-14(12)18;7-5-4-1-2-8-6(4)10-3-9-5/h2-10,12H,11H2,1H3;2-7,9H,8H2,1H3;1-3H,(H,8,9,10). The minimum absolute atomic E-state index is 0.485. The molecule has 1 N–H and O–H groups in total. The third-order valence-electron chi connectivity index (χ3n) is 8.15. The van der Waals surface area contributed by atoms with E-state index in [4.69, 9.17) is 37.1 Å². The minimum Gasteiger partial charge on any atom is -0.497 e. The first-order valence-electron chi connectivity index (χ1n) is 16.0. The molecule has 9 rings (SSSR count). The van der Waals surface area contributed by atoms with E-state index in [1.165, 1.54) is 23.8 Å². The maximum Gasteiger partial charge on any atom is 0.153 e. The van der Waals surface area contributed by atoms with E-state index in [2.05, 4.69) is 51.6 Å². The topological polar surface area (TPSA) is 135 Å². The molecule has 0 unspecified atom stereocenters. The van der Waals surface area contributed by atoms with Crippen molar-refractivity contribution in [2.45, 2.75) is 13.1 Å². The summed E-state index contributed by atoms with van der Waals surface area (Å²) in [6, 6.07) is 25.6. The van der Waals surface area contributed by atoms with Crippen molar-refractivity contribution in [3.05, 3.63) is 144 Å². The highest BCUT2D eigenvalue weighted by Crippen LogP contribution is 2.27. The van der Waals surface area contributed by atoms with Gasteiger partial charge >= 0.3 is 0 Å². The number of rotatable bonds is 7. The van der Waals surface area contributed by atoms with Crippen LogP contribution in [-0.4, -0.2) is 58.2 Å². The number of nitrogens with zero attached hydrogens (tertiary/aromatic N) is 8. The second-order valence-electron chi connectivity index (χ2n) is 11.3. The Morgan fingerprint density at radius 3 is 1.75 bits per heavy atom. The number of benzene rings is 2. The highest BCUT2D eigenvalue weighted by molar-refractivity contribution is 6.34. The molecule has 9 aromatic rings. The second kappa shape index (κ2) is 15.8. The number of furan rings is 1. The fraction of sp³-hybridized carbons (Fsp3) is 0.105.